The van der Waals surface area contributed by atoms with Gasteiger partial charge in [0, 0.05) is 42.7 Å². The number of carbonyl (C=O) groups excluding carboxylic acids is 2. The van der Waals surface area contributed by atoms with E-state index in [1.54, 1.807) is 31.4 Å². The molecule has 4 aromatic rings. The molecule has 0 unspecified atom stereocenters. The number of nitrogens with zero attached hydrogens (tertiary/aromatic N) is 1. The van der Waals surface area contributed by atoms with E-state index in [1.165, 1.54) is 11.6 Å². The van der Waals surface area contributed by atoms with Crippen molar-refractivity contribution < 1.29 is 38.1 Å². The number of halogens is 1. The number of nitrogens with one attached hydrogen (secondary N) is 2. The number of H-pyrrole nitrogens is 1. The molecule has 9 rings (SSSR count). The normalized spacial score (nSPS) is 23.2. The molecule has 0 spiro atoms. The molecule has 5 fully saturated rings. The molecule has 4 heterocycles. The van der Waals surface area contributed by atoms with Gasteiger partial charge in [0.1, 0.15) is 29.5 Å². The number of hydrogen-bond donors (Lipinski definition) is 3. The molecule has 0 radical (unpaired) electrons. The zero-order valence-electron chi connectivity index (χ0n) is 40.9. The Kier molecular flexibility index (Phi) is 15.7. The van der Waals surface area contributed by atoms with E-state index < -0.39 is 25.8 Å². The van der Waals surface area contributed by atoms with Crippen molar-refractivity contribution in [1.29, 1.82) is 0 Å². The molecular formula is C54H72ClN3O9Si. The molecule has 12 nitrogen and oxygen atoms in total. The van der Waals surface area contributed by atoms with Gasteiger partial charge in [-0.1, -0.05) is 82.0 Å². The van der Waals surface area contributed by atoms with Crippen LogP contribution in [0, 0.1) is 11.8 Å². The number of fused-ring (bicyclic) bond motifs is 4. The second-order valence-corrected chi connectivity index (χ2v) is 26.6. The number of hydrogen-bond acceptors (Lipinski definition) is 11. The zero-order valence-corrected chi connectivity index (χ0v) is 42.7. The van der Waals surface area contributed by atoms with Crippen molar-refractivity contribution in [3.8, 4) is 17.2 Å². The van der Waals surface area contributed by atoms with Crippen LogP contribution in [-0.4, -0.2) is 87.4 Å². The quantitative estimate of drug-likeness (QED) is 0.0686. The summed E-state index contributed by atoms with van der Waals surface area (Å²) < 4.78 is 31.0. The molecule has 3 aromatic carbocycles. The highest BCUT2D eigenvalue weighted by molar-refractivity contribution is 6.74. The van der Waals surface area contributed by atoms with Gasteiger partial charge in [0.25, 0.3) is 0 Å². The topological polar surface area (TPSA) is 149 Å². The second-order valence-electron chi connectivity index (χ2n) is 21.4. The lowest BCUT2D eigenvalue weighted by molar-refractivity contribution is -0.167. The number of piperidine rings is 3. The van der Waals surface area contributed by atoms with E-state index in [4.69, 9.17) is 35.0 Å². The van der Waals surface area contributed by atoms with E-state index in [0.29, 0.717) is 52.3 Å². The first-order valence-electron chi connectivity index (χ1n) is 25.0. The highest BCUT2D eigenvalue weighted by atomic mass is 35.5. The summed E-state index contributed by atoms with van der Waals surface area (Å²) >= 11 is 6.76. The van der Waals surface area contributed by atoms with Gasteiger partial charge in [-0.25, -0.2) is 4.79 Å². The van der Waals surface area contributed by atoms with Crippen LogP contribution in [0.2, 0.25) is 23.2 Å². The summed E-state index contributed by atoms with van der Waals surface area (Å²) in [5.41, 5.74) is 3.52. The van der Waals surface area contributed by atoms with Gasteiger partial charge in [0.05, 0.1) is 29.2 Å². The van der Waals surface area contributed by atoms with Gasteiger partial charge in [-0.05, 0) is 136 Å². The number of rotatable bonds is 17. The van der Waals surface area contributed by atoms with Crippen molar-refractivity contribution in [1.82, 2.24) is 15.2 Å². The molecule has 3 N–H and O–H groups in total. The fourth-order valence-electron chi connectivity index (χ4n) is 10.8. The summed E-state index contributed by atoms with van der Waals surface area (Å²) in [4.78, 5) is 44.6. The Hall–Kier alpha value is -4.40. The maximum Gasteiger partial charge on any atom is 0.344 e. The van der Waals surface area contributed by atoms with Crippen molar-refractivity contribution in [3.63, 3.8) is 0 Å². The molecule has 14 heteroatoms. The molecule has 1 aromatic heterocycles. The number of pyridine rings is 1. The number of carbonyl (C=O) groups is 2. The second kappa shape index (κ2) is 21.3. The number of ether oxygens (including phenoxy) is 4. The highest BCUT2D eigenvalue weighted by Gasteiger charge is 2.46. The molecule has 68 heavy (non-hydrogen) atoms. The van der Waals surface area contributed by atoms with Crippen LogP contribution in [0.25, 0.3) is 10.9 Å². The van der Waals surface area contributed by atoms with Gasteiger partial charge < -0.3 is 38.8 Å². The zero-order chi connectivity index (χ0) is 48.2. The van der Waals surface area contributed by atoms with E-state index in [-0.39, 0.29) is 41.1 Å². The first-order valence-corrected chi connectivity index (χ1v) is 28.3. The Bertz CT molecular complexity index is 2470. The van der Waals surface area contributed by atoms with Gasteiger partial charge >= 0.3 is 11.9 Å². The van der Waals surface area contributed by atoms with Crippen LogP contribution in [0.1, 0.15) is 120 Å². The number of benzene rings is 3. The summed E-state index contributed by atoms with van der Waals surface area (Å²) in [6.45, 7) is 14.6. The standard InChI is InChI=1S/C54H72ClN3O9Si/c1-53(2,3)68(5,6)67-47(41-17-19-44(59)51-42(41)18-20-49(60)57-51)32-56-31-38-29-43(55)46(30-45(38)63-4)64-34-50(61)65-40-15-13-35(14-16-40)27-36-11-10-12-39(28-36)54(23-8-7-9-24-54)52(62)66-48-33-58-25-21-37(48)22-26-58/h10-12,17-20,28-30,35,37,40,47-48,56,59H,7-9,13-16,21-27,31-34H2,1-6H3,(H,57,60)/t35?,40?,47-,48-/m0/s1. The minimum atomic E-state index is -2.28. The summed E-state index contributed by atoms with van der Waals surface area (Å²) in [5, 5.41) is 15.1. The van der Waals surface area contributed by atoms with Crippen molar-refractivity contribution >= 4 is 42.8 Å². The van der Waals surface area contributed by atoms with Crippen molar-refractivity contribution in [2.75, 3.05) is 39.9 Å². The Morgan fingerprint density at radius 3 is 2.38 bits per heavy atom. The van der Waals surface area contributed by atoms with Gasteiger partial charge in [-0.15, -0.1) is 0 Å². The number of phenols is 1. The Balaban J connectivity index is 0.830. The van der Waals surface area contributed by atoms with E-state index in [1.807, 2.05) is 6.07 Å². The minimum Gasteiger partial charge on any atom is -0.506 e. The number of methoxy groups -OCH3 is 1. The molecular weight excluding hydrogens is 898 g/mol. The van der Waals surface area contributed by atoms with Crippen LogP contribution in [0.5, 0.6) is 17.2 Å². The molecule has 0 amide bonds. The van der Waals surface area contributed by atoms with E-state index >= 15 is 0 Å². The number of aromatic amines is 1. The Morgan fingerprint density at radius 1 is 0.941 bits per heavy atom. The maximum absolute atomic E-state index is 14.1. The Morgan fingerprint density at radius 2 is 1.69 bits per heavy atom. The van der Waals surface area contributed by atoms with Crippen LogP contribution >= 0.6 is 11.6 Å². The fourth-order valence-corrected chi connectivity index (χ4v) is 12.4. The van der Waals surface area contributed by atoms with E-state index in [0.717, 1.165) is 113 Å². The summed E-state index contributed by atoms with van der Waals surface area (Å²) in [5.74, 6) is 1.36. The average molecular weight is 971 g/mol. The van der Waals surface area contributed by atoms with Crippen LogP contribution in [0.15, 0.2) is 65.5 Å². The molecule has 2 atom stereocenters. The molecule has 2 bridgehead atoms. The monoisotopic (exact) mass is 969 g/mol. The molecule has 2 saturated carbocycles. The predicted octanol–water partition coefficient (Wildman–Crippen LogP) is 10.3. The number of phenolic OH excluding ortho intramolecular Hbond substituents is 1. The molecule has 3 saturated heterocycles. The van der Waals surface area contributed by atoms with Gasteiger partial charge in [-0.2, -0.15) is 0 Å². The third-order valence-electron chi connectivity index (χ3n) is 15.9. The largest absolute Gasteiger partial charge is 0.506 e. The van der Waals surface area contributed by atoms with Crippen molar-refractivity contribution in [2.24, 2.45) is 11.8 Å². The van der Waals surface area contributed by atoms with Crippen LogP contribution in [0.3, 0.4) is 0 Å². The number of aromatic nitrogens is 1. The third-order valence-corrected chi connectivity index (χ3v) is 20.7. The Labute approximate surface area is 407 Å². The smallest absolute Gasteiger partial charge is 0.344 e. The van der Waals surface area contributed by atoms with Crippen LogP contribution in [0.4, 0.5) is 0 Å². The van der Waals surface area contributed by atoms with E-state index in [2.05, 4.69) is 73.3 Å². The van der Waals surface area contributed by atoms with Gasteiger partial charge in [0.2, 0.25) is 5.56 Å². The lowest BCUT2D eigenvalue weighted by atomic mass is 9.68. The van der Waals surface area contributed by atoms with Crippen molar-refractivity contribution in [2.45, 2.75) is 146 Å². The molecule has 3 aliphatic heterocycles. The lowest BCUT2D eigenvalue weighted by Crippen LogP contribution is -2.53. The minimum absolute atomic E-state index is 0.00412. The van der Waals surface area contributed by atoms with Crippen LogP contribution < -0.4 is 20.3 Å². The maximum atomic E-state index is 14.1. The molecule has 5 aliphatic rings. The van der Waals surface area contributed by atoms with Gasteiger partial charge in [-0.3, -0.25) is 14.5 Å². The van der Waals surface area contributed by atoms with Gasteiger partial charge in [0.15, 0.2) is 14.9 Å². The SMILES string of the molecule is COc1cc(OCC(=O)OC2CCC(Cc3cccc(C4(C(=O)O[C@H]5CN6CCC5CC6)CCCCC4)c3)CC2)c(Cl)cc1CNC[C@H](O[Si](C)(C)C(C)(C)C)c1ccc(O)c2[nH]c(=O)ccc12. The van der Waals surface area contributed by atoms with Crippen LogP contribution in [-0.2, 0) is 41.9 Å². The predicted molar refractivity (Wildman–Crippen MR) is 268 cm³/mol. The molecule has 2 aliphatic carbocycles. The third kappa shape index (κ3) is 11.4. The summed E-state index contributed by atoms with van der Waals surface area (Å²) in [6.07, 6.45) is 11.0. The summed E-state index contributed by atoms with van der Waals surface area (Å²) in [6, 6.07) is 18.8. The molecule has 368 valence electrons. The fraction of sp³-hybridized carbons (Fsp3) is 0.574. The number of aromatic hydroxyl groups is 1. The number of esters is 2. The first-order chi connectivity index (χ1) is 32.5. The average Bonchev–Trinajstić information content (AvgIpc) is 3.32. The highest BCUT2D eigenvalue weighted by Crippen LogP contribution is 2.44. The first kappa shape index (κ1) is 50.0. The summed E-state index contributed by atoms with van der Waals surface area (Å²) in [7, 11) is -0.706. The van der Waals surface area contributed by atoms with Crippen molar-refractivity contribution in [3.05, 3.63) is 98.3 Å². The lowest BCUT2D eigenvalue weighted by Gasteiger charge is -2.45. The van der Waals surface area contributed by atoms with E-state index in [9.17, 15) is 19.5 Å².